The van der Waals surface area contributed by atoms with Gasteiger partial charge in [0.05, 0.1) is 0 Å². The number of aryl methyl sites for hydroxylation is 1. The quantitative estimate of drug-likeness (QED) is 0.761. The Kier molecular flexibility index (Phi) is 2.30. The summed E-state index contributed by atoms with van der Waals surface area (Å²) in [4.78, 5) is 28.7. The number of carboxylic acids is 1. The van der Waals surface area contributed by atoms with E-state index in [4.69, 9.17) is 5.11 Å². The summed E-state index contributed by atoms with van der Waals surface area (Å²) in [5, 5.41) is 8.58. The third-order valence-corrected chi connectivity index (χ3v) is 2.50. The highest BCUT2D eigenvalue weighted by atomic mass is 16.4. The molecule has 0 bridgehead atoms. The van der Waals surface area contributed by atoms with Crippen LogP contribution < -0.4 is 5.56 Å². The lowest BCUT2D eigenvalue weighted by molar-refractivity contribution is -0.136. The summed E-state index contributed by atoms with van der Waals surface area (Å²) in [6.07, 6.45) is 1.83. The van der Waals surface area contributed by atoms with Gasteiger partial charge in [-0.1, -0.05) is 0 Å². The zero-order valence-electron chi connectivity index (χ0n) is 8.41. The molecule has 80 valence electrons. The van der Waals surface area contributed by atoms with Crippen LogP contribution in [0.5, 0.6) is 0 Å². The molecule has 0 atom stereocenters. The van der Waals surface area contributed by atoms with Crippen molar-refractivity contribution in [2.45, 2.75) is 32.1 Å². The van der Waals surface area contributed by atoms with Crippen LogP contribution in [0.25, 0.3) is 0 Å². The van der Waals surface area contributed by atoms with Crippen LogP contribution in [0.4, 0.5) is 0 Å². The fraction of sp³-hybridized carbons (Fsp3) is 0.500. The molecule has 0 amide bonds. The maximum absolute atomic E-state index is 11.6. The van der Waals surface area contributed by atoms with Crippen LogP contribution in [-0.2, 0) is 11.2 Å². The van der Waals surface area contributed by atoms with Gasteiger partial charge in [0, 0.05) is 11.3 Å². The summed E-state index contributed by atoms with van der Waals surface area (Å²) in [6.45, 7) is 1.76. The normalized spacial score (nSPS) is 15.3. The van der Waals surface area contributed by atoms with E-state index in [2.05, 4.69) is 9.97 Å². The minimum Gasteiger partial charge on any atom is -0.481 e. The van der Waals surface area contributed by atoms with Gasteiger partial charge in [0.1, 0.15) is 12.2 Å². The Balaban J connectivity index is 2.38. The molecule has 5 nitrogen and oxygen atoms in total. The van der Waals surface area contributed by atoms with Gasteiger partial charge in [-0.15, -0.1) is 0 Å². The van der Waals surface area contributed by atoms with Crippen molar-refractivity contribution >= 4 is 5.97 Å². The van der Waals surface area contributed by atoms with Crippen LogP contribution in [-0.4, -0.2) is 21.0 Å². The molecule has 15 heavy (non-hydrogen) atoms. The summed E-state index contributed by atoms with van der Waals surface area (Å²) < 4.78 is 0. The first kappa shape index (κ1) is 9.89. The molecule has 0 aliphatic heterocycles. The van der Waals surface area contributed by atoms with E-state index in [0.717, 1.165) is 18.4 Å². The first-order valence-electron chi connectivity index (χ1n) is 4.89. The molecule has 1 aromatic heterocycles. The maximum atomic E-state index is 11.6. The highest BCUT2D eigenvalue weighted by Crippen LogP contribution is 2.39. The number of aliphatic carboxylic acids is 1. The second-order valence-electron chi connectivity index (χ2n) is 3.86. The first-order valence-corrected chi connectivity index (χ1v) is 4.89. The van der Waals surface area contributed by atoms with Gasteiger partial charge >= 0.3 is 5.97 Å². The molecular formula is C10H12N2O3. The van der Waals surface area contributed by atoms with Crippen molar-refractivity contribution < 1.29 is 9.90 Å². The number of H-pyrrole nitrogens is 1. The van der Waals surface area contributed by atoms with Crippen molar-refractivity contribution in [3.63, 3.8) is 0 Å². The first-order chi connectivity index (χ1) is 7.08. The van der Waals surface area contributed by atoms with Gasteiger partial charge in [-0.25, -0.2) is 4.98 Å². The average Bonchev–Trinajstić information content (AvgIpc) is 2.84. The lowest BCUT2D eigenvalue weighted by Gasteiger charge is -2.04. The Bertz CT molecular complexity index is 460. The topological polar surface area (TPSA) is 83.0 Å². The lowest BCUT2D eigenvalue weighted by atomic mass is 10.1. The van der Waals surface area contributed by atoms with Crippen molar-refractivity contribution in [3.8, 4) is 0 Å². The monoisotopic (exact) mass is 208 g/mol. The van der Waals surface area contributed by atoms with Crippen LogP contribution in [0.1, 0.15) is 35.8 Å². The Morgan fingerprint density at radius 3 is 2.73 bits per heavy atom. The van der Waals surface area contributed by atoms with Crippen LogP contribution in [0.3, 0.4) is 0 Å². The van der Waals surface area contributed by atoms with E-state index in [1.54, 1.807) is 6.92 Å². The molecule has 0 unspecified atom stereocenters. The van der Waals surface area contributed by atoms with E-state index < -0.39 is 5.97 Å². The number of hydrogen-bond acceptors (Lipinski definition) is 3. The summed E-state index contributed by atoms with van der Waals surface area (Å²) in [6, 6.07) is 0. The number of carbonyl (C=O) groups is 1. The summed E-state index contributed by atoms with van der Waals surface area (Å²) in [5.74, 6) is -0.425. The summed E-state index contributed by atoms with van der Waals surface area (Å²) >= 11 is 0. The molecular weight excluding hydrogens is 196 g/mol. The number of nitrogens with one attached hydrogen (secondary N) is 1. The fourth-order valence-corrected chi connectivity index (χ4v) is 1.73. The largest absolute Gasteiger partial charge is 0.481 e. The van der Waals surface area contributed by atoms with Crippen LogP contribution >= 0.6 is 0 Å². The van der Waals surface area contributed by atoms with E-state index >= 15 is 0 Å². The predicted molar refractivity (Wildman–Crippen MR) is 52.9 cm³/mol. The summed E-state index contributed by atoms with van der Waals surface area (Å²) in [7, 11) is 0. The zero-order chi connectivity index (χ0) is 11.0. The molecule has 1 aromatic rings. The second-order valence-corrected chi connectivity index (χ2v) is 3.86. The molecule has 5 heteroatoms. The SMILES string of the molecule is Cc1nc(CC(=O)O)[nH]c(=O)c1C1CC1. The van der Waals surface area contributed by atoms with Gasteiger partial charge < -0.3 is 10.1 Å². The fourth-order valence-electron chi connectivity index (χ4n) is 1.73. The average molecular weight is 208 g/mol. The number of aromatic amines is 1. The van der Waals surface area contributed by atoms with E-state index in [-0.39, 0.29) is 17.8 Å². The third-order valence-electron chi connectivity index (χ3n) is 2.50. The van der Waals surface area contributed by atoms with E-state index in [1.165, 1.54) is 0 Å². The Labute approximate surface area is 86.2 Å². The standard InChI is InChI=1S/C10H12N2O3/c1-5-9(6-2-3-6)10(15)12-7(11-5)4-8(13)14/h6H,2-4H2,1H3,(H,13,14)(H,11,12,15). The van der Waals surface area contributed by atoms with Crippen molar-refractivity contribution in [2.75, 3.05) is 0 Å². The van der Waals surface area contributed by atoms with Crippen molar-refractivity contribution in [2.24, 2.45) is 0 Å². The number of nitrogens with zero attached hydrogens (tertiary/aromatic N) is 1. The van der Waals surface area contributed by atoms with Gasteiger partial charge in [0.25, 0.3) is 5.56 Å². The summed E-state index contributed by atoms with van der Waals surface area (Å²) in [5.41, 5.74) is 1.21. The van der Waals surface area contributed by atoms with Gasteiger partial charge in [0.15, 0.2) is 0 Å². The Morgan fingerprint density at radius 2 is 2.27 bits per heavy atom. The molecule has 1 saturated carbocycles. The van der Waals surface area contributed by atoms with Gasteiger partial charge in [-0.05, 0) is 25.7 Å². The Hall–Kier alpha value is -1.65. The number of hydrogen-bond donors (Lipinski definition) is 2. The minimum atomic E-state index is -0.989. The zero-order valence-corrected chi connectivity index (χ0v) is 8.41. The van der Waals surface area contributed by atoms with Crippen LogP contribution in [0.2, 0.25) is 0 Å². The molecule has 0 radical (unpaired) electrons. The van der Waals surface area contributed by atoms with E-state index in [9.17, 15) is 9.59 Å². The predicted octanol–water partition coefficient (Wildman–Crippen LogP) is 0.583. The molecule has 1 aliphatic carbocycles. The molecule has 0 saturated heterocycles. The van der Waals surface area contributed by atoms with Crippen molar-refractivity contribution in [1.82, 2.24) is 9.97 Å². The van der Waals surface area contributed by atoms with E-state index in [1.807, 2.05) is 0 Å². The second kappa shape index (κ2) is 3.49. The molecule has 2 rings (SSSR count). The van der Waals surface area contributed by atoms with Crippen LogP contribution in [0, 0.1) is 6.92 Å². The van der Waals surface area contributed by atoms with Crippen LogP contribution in [0.15, 0.2) is 4.79 Å². The van der Waals surface area contributed by atoms with Gasteiger partial charge in [0.2, 0.25) is 0 Å². The number of aromatic nitrogens is 2. The lowest BCUT2D eigenvalue weighted by Crippen LogP contribution is -2.20. The Morgan fingerprint density at radius 1 is 1.60 bits per heavy atom. The molecule has 0 spiro atoms. The highest BCUT2D eigenvalue weighted by Gasteiger charge is 2.28. The molecule has 1 heterocycles. The number of rotatable bonds is 3. The highest BCUT2D eigenvalue weighted by molar-refractivity contribution is 5.68. The molecule has 1 fully saturated rings. The molecule has 0 aromatic carbocycles. The molecule has 1 aliphatic rings. The smallest absolute Gasteiger partial charge is 0.311 e. The third kappa shape index (κ3) is 2.06. The van der Waals surface area contributed by atoms with Gasteiger partial charge in [-0.3, -0.25) is 9.59 Å². The van der Waals surface area contributed by atoms with Crippen molar-refractivity contribution in [3.05, 3.63) is 27.4 Å². The molecule has 2 N–H and O–H groups in total. The van der Waals surface area contributed by atoms with E-state index in [0.29, 0.717) is 11.6 Å². The van der Waals surface area contributed by atoms with Gasteiger partial charge in [-0.2, -0.15) is 0 Å². The maximum Gasteiger partial charge on any atom is 0.311 e. The number of carboxylic acid groups (broad SMARTS) is 1. The van der Waals surface area contributed by atoms with Crippen molar-refractivity contribution in [1.29, 1.82) is 0 Å². The minimum absolute atomic E-state index is 0.179.